The third-order valence-corrected chi connectivity index (χ3v) is 5.31. The van der Waals surface area contributed by atoms with E-state index in [0.717, 1.165) is 54.4 Å². The minimum Gasteiger partial charge on any atom is -0.496 e. The normalized spacial score (nSPS) is 14.5. The number of para-hydroxylation sites is 1. The number of methoxy groups -OCH3 is 2. The highest BCUT2D eigenvalue weighted by molar-refractivity contribution is 5.91. The molecular formula is C22H26N3O2+. The van der Waals surface area contributed by atoms with Crippen LogP contribution in [0.1, 0.15) is 5.56 Å². The molecular weight excluding hydrogens is 338 g/mol. The van der Waals surface area contributed by atoms with E-state index in [1.54, 1.807) is 14.2 Å². The summed E-state index contributed by atoms with van der Waals surface area (Å²) < 4.78 is 11.1. The van der Waals surface area contributed by atoms with Crippen molar-refractivity contribution in [2.45, 2.75) is 6.92 Å². The summed E-state index contributed by atoms with van der Waals surface area (Å²) in [7, 11) is 3.41. The molecule has 0 aliphatic carbocycles. The molecule has 27 heavy (non-hydrogen) atoms. The number of anilines is 2. The molecule has 0 bridgehead atoms. The molecule has 1 N–H and O–H groups in total. The maximum atomic E-state index is 5.59. The number of nitrogens with one attached hydrogen (secondary N) is 1. The first-order valence-electron chi connectivity index (χ1n) is 9.34. The van der Waals surface area contributed by atoms with E-state index in [2.05, 4.69) is 58.1 Å². The summed E-state index contributed by atoms with van der Waals surface area (Å²) in [4.78, 5) is 8.43. The van der Waals surface area contributed by atoms with Crippen LogP contribution in [-0.4, -0.2) is 40.4 Å². The van der Waals surface area contributed by atoms with Crippen LogP contribution < -0.4 is 24.3 Å². The van der Waals surface area contributed by atoms with Crippen LogP contribution in [0.4, 0.5) is 11.5 Å². The molecule has 2 heterocycles. The van der Waals surface area contributed by atoms with Gasteiger partial charge in [-0.15, -0.1) is 0 Å². The zero-order valence-corrected chi connectivity index (χ0v) is 16.2. The fraction of sp³-hybridized carbons (Fsp3) is 0.318. The van der Waals surface area contributed by atoms with Crippen LogP contribution >= 0.6 is 0 Å². The van der Waals surface area contributed by atoms with Crippen LogP contribution in [0, 0.1) is 6.92 Å². The number of hydrogen-bond donors (Lipinski definition) is 0. The third-order valence-electron chi connectivity index (χ3n) is 5.31. The van der Waals surface area contributed by atoms with Gasteiger partial charge in [-0.05, 0) is 36.8 Å². The van der Waals surface area contributed by atoms with E-state index >= 15 is 0 Å². The number of aryl methyl sites for hydroxylation is 1. The lowest BCUT2D eigenvalue weighted by atomic mass is 10.1. The number of H-pyrrole nitrogens is 1. The molecule has 5 heteroatoms. The predicted octanol–water partition coefficient (Wildman–Crippen LogP) is 3.31. The van der Waals surface area contributed by atoms with Gasteiger partial charge in [-0.2, -0.15) is 0 Å². The van der Waals surface area contributed by atoms with Gasteiger partial charge in [-0.3, -0.25) is 4.90 Å². The quantitative estimate of drug-likeness (QED) is 0.712. The van der Waals surface area contributed by atoms with E-state index in [0.29, 0.717) is 0 Å². The van der Waals surface area contributed by atoms with Crippen LogP contribution in [0.5, 0.6) is 11.5 Å². The molecule has 0 spiro atoms. The van der Waals surface area contributed by atoms with Crippen LogP contribution in [0.3, 0.4) is 0 Å². The van der Waals surface area contributed by atoms with Crippen LogP contribution in [0.2, 0.25) is 0 Å². The van der Waals surface area contributed by atoms with Gasteiger partial charge in [0.15, 0.2) is 11.3 Å². The number of piperazine rings is 1. The Morgan fingerprint density at radius 3 is 2.11 bits per heavy atom. The molecule has 2 aromatic carbocycles. The fourth-order valence-corrected chi connectivity index (χ4v) is 3.88. The summed E-state index contributed by atoms with van der Waals surface area (Å²) >= 11 is 0. The first-order valence-corrected chi connectivity index (χ1v) is 9.34. The average molecular weight is 364 g/mol. The van der Waals surface area contributed by atoms with Gasteiger partial charge in [0.2, 0.25) is 0 Å². The van der Waals surface area contributed by atoms with Crippen molar-refractivity contribution in [3.8, 4) is 11.5 Å². The zero-order valence-electron chi connectivity index (χ0n) is 16.2. The van der Waals surface area contributed by atoms with Crippen molar-refractivity contribution in [1.29, 1.82) is 0 Å². The van der Waals surface area contributed by atoms with Gasteiger partial charge in [0.25, 0.3) is 5.82 Å². The monoisotopic (exact) mass is 364 g/mol. The maximum Gasteiger partial charge on any atom is 0.275 e. The lowest BCUT2D eigenvalue weighted by molar-refractivity contribution is -0.331. The number of hydrogen-bond acceptors (Lipinski definition) is 4. The van der Waals surface area contributed by atoms with Gasteiger partial charge in [-0.1, -0.05) is 18.2 Å². The molecule has 140 valence electrons. The summed E-state index contributed by atoms with van der Waals surface area (Å²) in [6.45, 7) is 6.08. The molecule has 0 saturated carbocycles. The van der Waals surface area contributed by atoms with Gasteiger partial charge in [0.1, 0.15) is 18.8 Å². The van der Waals surface area contributed by atoms with E-state index in [9.17, 15) is 0 Å². The summed E-state index contributed by atoms with van der Waals surface area (Å²) in [5.41, 5.74) is 3.46. The highest BCUT2D eigenvalue weighted by atomic mass is 16.5. The number of nitrogens with zero attached hydrogens (tertiary/aromatic N) is 2. The van der Waals surface area contributed by atoms with Crippen molar-refractivity contribution in [2.24, 2.45) is 0 Å². The molecule has 3 aromatic rings. The molecule has 1 aliphatic heterocycles. The molecule has 0 unspecified atom stereocenters. The van der Waals surface area contributed by atoms with Crippen molar-refractivity contribution in [1.82, 2.24) is 0 Å². The fourth-order valence-electron chi connectivity index (χ4n) is 3.88. The number of aromatic nitrogens is 1. The van der Waals surface area contributed by atoms with Gasteiger partial charge in [-0.25, -0.2) is 4.98 Å². The highest BCUT2D eigenvalue weighted by Crippen LogP contribution is 2.34. The lowest BCUT2D eigenvalue weighted by Gasteiger charge is -2.32. The van der Waals surface area contributed by atoms with E-state index in [-0.39, 0.29) is 0 Å². The van der Waals surface area contributed by atoms with Gasteiger partial charge in [0, 0.05) is 11.8 Å². The van der Waals surface area contributed by atoms with Crippen LogP contribution in [0.25, 0.3) is 10.9 Å². The Labute approximate surface area is 160 Å². The largest absolute Gasteiger partial charge is 0.496 e. The second kappa shape index (κ2) is 7.35. The standard InChI is InChI=1S/C22H25N3O2/c1-16-15-20(23-22-19(27-3)10-9-18(26-2)21(16)22)25-13-11-24(12-14-25)17-7-5-4-6-8-17/h4-10,15H,11-14H2,1-3H3/p+1. The van der Waals surface area contributed by atoms with Crippen molar-refractivity contribution in [3.63, 3.8) is 0 Å². The first kappa shape index (κ1) is 17.5. The van der Waals surface area contributed by atoms with E-state index in [1.165, 1.54) is 11.3 Å². The van der Waals surface area contributed by atoms with E-state index in [1.807, 2.05) is 12.1 Å². The smallest absolute Gasteiger partial charge is 0.275 e. The number of pyridine rings is 1. The zero-order chi connectivity index (χ0) is 18.8. The molecule has 0 amide bonds. The van der Waals surface area contributed by atoms with Crippen molar-refractivity contribution in [2.75, 3.05) is 50.2 Å². The second-order valence-corrected chi connectivity index (χ2v) is 6.87. The molecule has 0 atom stereocenters. The minimum atomic E-state index is 0.832. The van der Waals surface area contributed by atoms with Crippen LogP contribution in [0.15, 0.2) is 48.5 Å². The molecule has 1 saturated heterocycles. The Morgan fingerprint density at radius 2 is 1.44 bits per heavy atom. The first-order chi connectivity index (χ1) is 13.2. The SMILES string of the molecule is COc1ccc(OC)c2c(C)cc(N3CCN(c4ccccc4)CC3)[nH+]c12. The summed E-state index contributed by atoms with van der Waals surface area (Å²) in [5.74, 6) is 2.82. The number of benzene rings is 2. The molecule has 1 fully saturated rings. The predicted molar refractivity (Wildman–Crippen MR) is 109 cm³/mol. The Bertz CT molecular complexity index is 935. The molecule has 1 aliphatic rings. The molecule has 5 nitrogen and oxygen atoms in total. The number of ether oxygens (including phenoxy) is 2. The number of rotatable bonds is 4. The number of aromatic amines is 1. The van der Waals surface area contributed by atoms with Crippen molar-refractivity contribution in [3.05, 3.63) is 54.1 Å². The Hall–Kier alpha value is -2.95. The average Bonchev–Trinajstić information content (AvgIpc) is 2.73. The van der Waals surface area contributed by atoms with Crippen LogP contribution in [-0.2, 0) is 0 Å². The van der Waals surface area contributed by atoms with Gasteiger partial charge < -0.3 is 14.4 Å². The van der Waals surface area contributed by atoms with Crippen molar-refractivity contribution < 1.29 is 14.5 Å². The number of fused-ring (bicyclic) bond motifs is 1. The topological polar surface area (TPSA) is 39.1 Å². The van der Waals surface area contributed by atoms with E-state index in [4.69, 9.17) is 9.47 Å². The summed E-state index contributed by atoms with van der Waals surface area (Å²) in [6.07, 6.45) is 0. The third kappa shape index (κ3) is 3.25. The van der Waals surface area contributed by atoms with Crippen molar-refractivity contribution >= 4 is 22.4 Å². The maximum absolute atomic E-state index is 5.59. The minimum absolute atomic E-state index is 0.832. The van der Waals surface area contributed by atoms with Gasteiger partial charge in [0.05, 0.1) is 32.7 Å². The van der Waals surface area contributed by atoms with Gasteiger partial charge >= 0.3 is 0 Å². The molecule has 4 rings (SSSR count). The Kier molecular flexibility index (Phi) is 4.75. The Balaban J connectivity index is 1.63. The second-order valence-electron chi connectivity index (χ2n) is 6.87. The molecule has 0 radical (unpaired) electrons. The lowest BCUT2D eigenvalue weighted by Crippen LogP contribution is -2.48. The summed E-state index contributed by atoms with van der Waals surface area (Å²) in [6, 6.07) is 16.7. The molecule has 1 aromatic heterocycles. The summed E-state index contributed by atoms with van der Waals surface area (Å²) in [5, 5.41) is 1.07. The highest BCUT2D eigenvalue weighted by Gasteiger charge is 2.25. The van der Waals surface area contributed by atoms with E-state index < -0.39 is 0 Å². The Morgan fingerprint density at radius 1 is 0.815 bits per heavy atom.